The van der Waals surface area contributed by atoms with Crippen molar-refractivity contribution in [2.75, 3.05) is 25.1 Å². The third-order valence-corrected chi connectivity index (χ3v) is 6.38. The monoisotopic (exact) mass is 499 g/mol. The standard InChI is InChI=1S/C26H21ClF3N3O2/c1-35-24-11-16(6-8-22(24)28)26(34)32-10-9-20(15-32)33(14-18-3-2-4-23(29)25(18)30)19-7-5-17(13-31)21(27)12-19/h2-8,11-12,20H,9-10,14-15H2,1H3/t20-/m0/s1. The zero-order chi connectivity index (χ0) is 25.1. The average molecular weight is 500 g/mol. The summed E-state index contributed by atoms with van der Waals surface area (Å²) in [6, 6.07) is 14.5. The molecule has 180 valence electrons. The van der Waals surface area contributed by atoms with Gasteiger partial charge in [-0.3, -0.25) is 4.79 Å². The fourth-order valence-corrected chi connectivity index (χ4v) is 4.43. The van der Waals surface area contributed by atoms with Crippen molar-refractivity contribution >= 4 is 23.2 Å². The van der Waals surface area contributed by atoms with Gasteiger partial charge in [-0.25, -0.2) is 13.2 Å². The van der Waals surface area contributed by atoms with Crippen molar-refractivity contribution in [1.82, 2.24) is 4.90 Å². The highest BCUT2D eigenvalue weighted by molar-refractivity contribution is 6.32. The molecule has 0 aromatic heterocycles. The van der Waals surface area contributed by atoms with Crippen LogP contribution < -0.4 is 9.64 Å². The van der Waals surface area contributed by atoms with Crippen LogP contribution in [0.5, 0.6) is 5.75 Å². The second-order valence-electron chi connectivity index (χ2n) is 8.16. The molecule has 3 aromatic rings. The Morgan fingerprint density at radius 3 is 2.69 bits per heavy atom. The molecule has 4 rings (SSSR count). The van der Waals surface area contributed by atoms with Crippen LogP contribution in [0.3, 0.4) is 0 Å². The second kappa shape index (κ2) is 10.3. The van der Waals surface area contributed by atoms with Gasteiger partial charge in [0.15, 0.2) is 23.2 Å². The minimum Gasteiger partial charge on any atom is -0.494 e. The Morgan fingerprint density at radius 2 is 1.97 bits per heavy atom. The van der Waals surface area contributed by atoms with E-state index in [2.05, 4.69) is 0 Å². The molecule has 0 saturated carbocycles. The van der Waals surface area contributed by atoms with Gasteiger partial charge in [-0.15, -0.1) is 0 Å². The zero-order valence-electron chi connectivity index (χ0n) is 18.8. The molecule has 5 nitrogen and oxygen atoms in total. The summed E-state index contributed by atoms with van der Waals surface area (Å²) in [5.41, 5.74) is 1.34. The van der Waals surface area contributed by atoms with E-state index in [1.165, 1.54) is 37.4 Å². The molecule has 0 unspecified atom stereocenters. The van der Waals surface area contributed by atoms with Gasteiger partial charge in [0, 0.05) is 42.5 Å². The molecule has 0 spiro atoms. The van der Waals surface area contributed by atoms with Gasteiger partial charge in [0.25, 0.3) is 5.91 Å². The van der Waals surface area contributed by atoms with Crippen LogP contribution in [-0.2, 0) is 6.54 Å². The number of benzene rings is 3. The fraction of sp³-hybridized carbons (Fsp3) is 0.231. The van der Waals surface area contributed by atoms with Gasteiger partial charge in [0.1, 0.15) is 6.07 Å². The maximum atomic E-state index is 14.5. The summed E-state index contributed by atoms with van der Waals surface area (Å²) in [4.78, 5) is 16.6. The Hall–Kier alpha value is -3.70. The van der Waals surface area contributed by atoms with Crippen LogP contribution in [0.1, 0.15) is 27.9 Å². The van der Waals surface area contributed by atoms with Crippen LogP contribution in [-0.4, -0.2) is 37.0 Å². The summed E-state index contributed by atoms with van der Waals surface area (Å²) < 4.78 is 47.1. The highest BCUT2D eigenvalue weighted by Crippen LogP contribution is 2.31. The summed E-state index contributed by atoms with van der Waals surface area (Å²) in [5.74, 6) is -2.78. The molecule has 1 atom stereocenters. The Morgan fingerprint density at radius 1 is 1.17 bits per heavy atom. The van der Waals surface area contributed by atoms with E-state index in [-0.39, 0.29) is 40.4 Å². The number of carbonyl (C=O) groups excluding carboxylic acids is 1. The van der Waals surface area contributed by atoms with E-state index >= 15 is 0 Å². The molecule has 3 aromatic carbocycles. The van der Waals surface area contributed by atoms with Crippen molar-refractivity contribution in [2.45, 2.75) is 19.0 Å². The first-order valence-electron chi connectivity index (χ1n) is 10.8. The van der Waals surface area contributed by atoms with Crippen molar-refractivity contribution in [3.63, 3.8) is 0 Å². The van der Waals surface area contributed by atoms with Gasteiger partial charge in [-0.1, -0.05) is 23.7 Å². The summed E-state index contributed by atoms with van der Waals surface area (Å²) in [7, 11) is 1.32. The summed E-state index contributed by atoms with van der Waals surface area (Å²) >= 11 is 6.25. The highest BCUT2D eigenvalue weighted by atomic mass is 35.5. The number of rotatable bonds is 6. The molecule has 1 saturated heterocycles. The second-order valence-corrected chi connectivity index (χ2v) is 8.57. The van der Waals surface area contributed by atoms with E-state index in [0.29, 0.717) is 30.8 Å². The van der Waals surface area contributed by atoms with E-state index in [9.17, 15) is 23.2 Å². The average Bonchev–Trinajstić information content (AvgIpc) is 3.34. The Kier molecular flexibility index (Phi) is 7.17. The Balaban J connectivity index is 1.62. The minimum absolute atomic E-state index is 0.0259. The van der Waals surface area contributed by atoms with Crippen LogP contribution in [0.15, 0.2) is 54.6 Å². The van der Waals surface area contributed by atoms with E-state index in [4.69, 9.17) is 16.3 Å². The van der Waals surface area contributed by atoms with Gasteiger partial charge in [-0.05, 0) is 48.9 Å². The molecule has 0 radical (unpaired) electrons. The molecule has 0 N–H and O–H groups in total. The van der Waals surface area contributed by atoms with Gasteiger partial charge in [-0.2, -0.15) is 5.26 Å². The lowest BCUT2D eigenvalue weighted by Gasteiger charge is -2.32. The topological polar surface area (TPSA) is 56.6 Å². The number of hydrogen-bond donors (Lipinski definition) is 0. The fourth-order valence-electron chi connectivity index (χ4n) is 4.21. The van der Waals surface area contributed by atoms with Crippen LogP contribution in [0, 0.1) is 28.8 Å². The lowest BCUT2D eigenvalue weighted by atomic mass is 10.1. The number of nitrogens with zero attached hydrogens (tertiary/aromatic N) is 3. The maximum Gasteiger partial charge on any atom is 0.254 e. The quantitative estimate of drug-likeness (QED) is 0.445. The maximum absolute atomic E-state index is 14.5. The number of likely N-dealkylation sites (tertiary alicyclic amines) is 1. The molecule has 1 fully saturated rings. The normalized spacial score (nSPS) is 15.1. The van der Waals surface area contributed by atoms with Crippen molar-refractivity contribution in [1.29, 1.82) is 5.26 Å². The number of carbonyl (C=O) groups is 1. The molecular weight excluding hydrogens is 479 g/mol. The third-order valence-electron chi connectivity index (χ3n) is 6.07. The SMILES string of the molecule is COc1cc(C(=O)N2CC[C@H](N(Cc3cccc(F)c3F)c3ccc(C#N)c(Cl)c3)C2)ccc1F. The molecule has 1 heterocycles. The number of anilines is 1. The predicted molar refractivity (Wildman–Crippen MR) is 126 cm³/mol. The van der Waals surface area contributed by atoms with Gasteiger partial charge < -0.3 is 14.5 Å². The first-order valence-corrected chi connectivity index (χ1v) is 11.2. The molecule has 0 bridgehead atoms. The van der Waals surface area contributed by atoms with Gasteiger partial charge >= 0.3 is 0 Å². The molecule has 9 heteroatoms. The van der Waals surface area contributed by atoms with E-state index in [1.807, 2.05) is 11.0 Å². The number of amides is 1. The van der Waals surface area contributed by atoms with Crippen molar-refractivity contribution in [3.05, 3.63) is 93.8 Å². The molecular formula is C26H21ClF3N3O2. The molecule has 1 aliphatic heterocycles. The first kappa shape index (κ1) is 24.4. The number of methoxy groups -OCH3 is 1. The van der Waals surface area contributed by atoms with Crippen LogP contribution in [0.2, 0.25) is 5.02 Å². The predicted octanol–water partition coefficient (Wildman–Crippen LogP) is 5.56. The number of nitriles is 1. The number of hydrogen-bond acceptors (Lipinski definition) is 4. The third kappa shape index (κ3) is 5.05. The van der Waals surface area contributed by atoms with Crippen LogP contribution in [0.25, 0.3) is 0 Å². The minimum atomic E-state index is -0.950. The van der Waals surface area contributed by atoms with E-state index in [1.54, 1.807) is 23.1 Å². The first-order chi connectivity index (χ1) is 16.8. The number of halogens is 4. The van der Waals surface area contributed by atoms with Gasteiger partial charge in [0.05, 0.1) is 17.7 Å². The lowest BCUT2D eigenvalue weighted by molar-refractivity contribution is 0.0790. The molecule has 0 aliphatic carbocycles. The van der Waals surface area contributed by atoms with Crippen LogP contribution >= 0.6 is 11.6 Å². The number of ether oxygens (including phenoxy) is 1. The van der Waals surface area contributed by atoms with Gasteiger partial charge in [0.2, 0.25) is 0 Å². The smallest absolute Gasteiger partial charge is 0.254 e. The van der Waals surface area contributed by atoms with E-state index < -0.39 is 17.5 Å². The summed E-state index contributed by atoms with van der Waals surface area (Å²) in [6.45, 7) is 0.741. The van der Waals surface area contributed by atoms with Crippen molar-refractivity contribution < 1.29 is 22.7 Å². The largest absolute Gasteiger partial charge is 0.494 e. The summed E-state index contributed by atoms with van der Waals surface area (Å²) in [5, 5.41) is 9.44. The molecule has 35 heavy (non-hydrogen) atoms. The Bertz CT molecular complexity index is 1310. The van der Waals surface area contributed by atoms with E-state index in [0.717, 1.165) is 6.07 Å². The van der Waals surface area contributed by atoms with Crippen LogP contribution in [0.4, 0.5) is 18.9 Å². The lowest BCUT2D eigenvalue weighted by Crippen LogP contribution is -2.39. The molecule has 1 amide bonds. The summed E-state index contributed by atoms with van der Waals surface area (Å²) in [6.07, 6.45) is 0.554. The molecule has 1 aliphatic rings. The zero-order valence-corrected chi connectivity index (χ0v) is 19.5. The van der Waals surface area contributed by atoms with Crippen molar-refractivity contribution in [2.24, 2.45) is 0 Å². The highest BCUT2D eigenvalue weighted by Gasteiger charge is 2.32. The van der Waals surface area contributed by atoms with Crippen molar-refractivity contribution in [3.8, 4) is 11.8 Å². The Labute approximate surface area is 205 Å².